The number of amides is 1. The van der Waals surface area contributed by atoms with E-state index in [-0.39, 0.29) is 11.7 Å². The molecule has 3 aromatic heterocycles. The molecule has 0 saturated carbocycles. The second kappa shape index (κ2) is 9.32. The fourth-order valence-electron chi connectivity index (χ4n) is 2.98. The normalized spacial score (nSPS) is 10.9. The van der Waals surface area contributed by atoms with E-state index in [4.69, 9.17) is 4.42 Å². The Morgan fingerprint density at radius 3 is 2.77 bits per heavy atom. The van der Waals surface area contributed by atoms with E-state index in [2.05, 4.69) is 27.1 Å². The van der Waals surface area contributed by atoms with Crippen LogP contribution in [-0.4, -0.2) is 31.4 Å². The number of hydrogen-bond acceptors (Lipinski definition) is 7. The van der Waals surface area contributed by atoms with E-state index in [0.717, 1.165) is 22.6 Å². The minimum atomic E-state index is -0.149. The molecule has 158 valence electrons. The number of nitrogens with zero attached hydrogens (tertiary/aromatic N) is 4. The summed E-state index contributed by atoms with van der Waals surface area (Å²) in [5, 5.41) is 14.6. The van der Waals surface area contributed by atoms with Crippen molar-refractivity contribution in [1.29, 1.82) is 0 Å². The molecule has 0 spiro atoms. The third-order valence-electron chi connectivity index (χ3n) is 4.56. The Morgan fingerprint density at radius 2 is 2.06 bits per heavy atom. The van der Waals surface area contributed by atoms with Gasteiger partial charge in [0.2, 0.25) is 5.91 Å². The molecule has 0 aliphatic rings. The zero-order valence-corrected chi connectivity index (χ0v) is 18.8. The van der Waals surface area contributed by atoms with Gasteiger partial charge in [-0.1, -0.05) is 47.7 Å². The van der Waals surface area contributed by atoms with Crippen molar-refractivity contribution in [2.75, 3.05) is 11.1 Å². The number of carbonyl (C=O) groups is 1. The number of carbonyl (C=O) groups excluding carboxylic acids is 1. The van der Waals surface area contributed by atoms with Gasteiger partial charge in [-0.15, -0.1) is 28.1 Å². The molecule has 0 aliphatic heterocycles. The Hall–Kier alpha value is -3.17. The number of thioether (sulfide) groups is 1. The maximum Gasteiger partial charge on any atom is 0.236 e. The molecule has 0 bridgehead atoms. The fourth-order valence-corrected chi connectivity index (χ4v) is 4.46. The van der Waals surface area contributed by atoms with Gasteiger partial charge in [0.15, 0.2) is 16.1 Å². The summed E-state index contributed by atoms with van der Waals surface area (Å²) in [7, 11) is 0. The van der Waals surface area contributed by atoms with Gasteiger partial charge < -0.3 is 9.73 Å². The number of rotatable bonds is 8. The second-order valence-electron chi connectivity index (χ2n) is 6.84. The van der Waals surface area contributed by atoms with Crippen LogP contribution in [0.25, 0.3) is 22.6 Å². The van der Waals surface area contributed by atoms with Gasteiger partial charge in [0.25, 0.3) is 0 Å². The largest absolute Gasteiger partial charge is 0.469 e. The van der Waals surface area contributed by atoms with Crippen LogP contribution in [0.1, 0.15) is 11.3 Å². The molecule has 0 aliphatic carbocycles. The van der Waals surface area contributed by atoms with E-state index in [1.807, 2.05) is 54.1 Å². The Morgan fingerprint density at radius 1 is 1.26 bits per heavy atom. The highest BCUT2D eigenvalue weighted by Crippen LogP contribution is 2.28. The van der Waals surface area contributed by atoms with Crippen molar-refractivity contribution in [2.45, 2.75) is 25.5 Å². The standard InChI is InChI=1S/C22H21N5O2S2/c1-4-10-27-20(17-9-11-29-15(17)3)25-26-22(27)31-13-19(28)24-21-23-18(12-30-21)16-7-5-14(2)6-8-16/h4-9,11-12H,1,10,13H2,2-3H3,(H,23,24,28). The van der Waals surface area contributed by atoms with Crippen molar-refractivity contribution in [2.24, 2.45) is 0 Å². The molecule has 1 N–H and O–H groups in total. The van der Waals surface area contributed by atoms with Gasteiger partial charge in [-0.25, -0.2) is 4.98 Å². The lowest BCUT2D eigenvalue weighted by Gasteiger charge is -2.07. The number of aryl methyl sites for hydroxylation is 2. The lowest BCUT2D eigenvalue weighted by atomic mass is 10.1. The topological polar surface area (TPSA) is 85.8 Å². The maximum absolute atomic E-state index is 12.5. The van der Waals surface area contributed by atoms with Gasteiger partial charge in [-0.05, 0) is 19.9 Å². The summed E-state index contributed by atoms with van der Waals surface area (Å²) in [5.41, 5.74) is 3.94. The summed E-state index contributed by atoms with van der Waals surface area (Å²) in [4.78, 5) is 17.0. The molecule has 7 nitrogen and oxygen atoms in total. The van der Waals surface area contributed by atoms with E-state index >= 15 is 0 Å². The second-order valence-corrected chi connectivity index (χ2v) is 8.64. The van der Waals surface area contributed by atoms with Crippen molar-refractivity contribution in [3.8, 4) is 22.6 Å². The summed E-state index contributed by atoms with van der Waals surface area (Å²) in [6.45, 7) is 8.26. The maximum atomic E-state index is 12.5. The average Bonchev–Trinajstić information content (AvgIpc) is 3.48. The lowest BCUT2D eigenvalue weighted by Crippen LogP contribution is -2.14. The van der Waals surface area contributed by atoms with E-state index in [1.54, 1.807) is 12.3 Å². The first-order valence-electron chi connectivity index (χ1n) is 9.59. The highest BCUT2D eigenvalue weighted by molar-refractivity contribution is 7.99. The quantitative estimate of drug-likeness (QED) is 0.293. The third kappa shape index (κ3) is 4.78. The van der Waals surface area contributed by atoms with Crippen LogP contribution in [0, 0.1) is 13.8 Å². The number of thiazole rings is 1. The van der Waals surface area contributed by atoms with Gasteiger partial charge in [-0.3, -0.25) is 9.36 Å². The smallest absolute Gasteiger partial charge is 0.236 e. The van der Waals surface area contributed by atoms with Crippen LogP contribution in [0.5, 0.6) is 0 Å². The number of furan rings is 1. The predicted molar refractivity (Wildman–Crippen MR) is 124 cm³/mol. The lowest BCUT2D eigenvalue weighted by molar-refractivity contribution is -0.113. The SMILES string of the molecule is C=CCn1c(SCC(=O)Nc2nc(-c3ccc(C)cc3)cs2)nnc1-c1ccoc1C. The van der Waals surface area contributed by atoms with Crippen molar-refractivity contribution in [3.05, 3.63) is 66.0 Å². The molecular formula is C22H21N5O2S2. The highest BCUT2D eigenvalue weighted by Gasteiger charge is 2.18. The molecule has 31 heavy (non-hydrogen) atoms. The first kappa shape index (κ1) is 21.1. The van der Waals surface area contributed by atoms with Crippen LogP contribution in [0.3, 0.4) is 0 Å². The van der Waals surface area contributed by atoms with Crippen molar-refractivity contribution >= 4 is 34.1 Å². The van der Waals surface area contributed by atoms with Gasteiger partial charge in [0, 0.05) is 17.5 Å². The van der Waals surface area contributed by atoms with Crippen molar-refractivity contribution in [3.63, 3.8) is 0 Å². The number of benzene rings is 1. The zero-order valence-electron chi connectivity index (χ0n) is 17.2. The summed E-state index contributed by atoms with van der Waals surface area (Å²) >= 11 is 2.72. The number of aromatic nitrogens is 4. The summed E-state index contributed by atoms with van der Waals surface area (Å²) < 4.78 is 7.30. The number of anilines is 1. The molecule has 4 aromatic rings. The van der Waals surface area contributed by atoms with Crippen LogP contribution in [0.2, 0.25) is 0 Å². The van der Waals surface area contributed by atoms with E-state index in [0.29, 0.717) is 22.7 Å². The molecule has 0 unspecified atom stereocenters. The number of hydrogen-bond donors (Lipinski definition) is 1. The van der Waals surface area contributed by atoms with Crippen molar-refractivity contribution in [1.82, 2.24) is 19.7 Å². The van der Waals surface area contributed by atoms with E-state index in [1.165, 1.54) is 28.7 Å². The molecule has 1 aromatic carbocycles. The molecule has 9 heteroatoms. The fraction of sp³-hybridized carbons (Fsp3) is 0.182. The number of nitrogens with one attached hydrogen (secondary N) is 1. The first-order chi connectivity index (χ1) is 15.0. The van der Waals surface area contributed by atoms with Crippen LogP contribution < -0.4 is 5.32 Å². The van der Waals surface area contributed by atoms with Crippen molar-refractivity contribution < 1.29 is 9.21 Å². The van der Waals surface area contributed by atoms with E-state index < -0.39 is 0 Å². The Bertz CT molecular complexity index is 1210. The number of allylic oxidation sites excluding steroid dienone is 1. The minimum absolute atomic E-state index is 0.149. The van der Waals surface area contributed by atoms with Gasteiger partial charge in [-0.2, -0.15) is 0 Å². The summed E-state index contributed by atoms with van der Waals surface area (Å²) in [6, 6.07) is 9.99. The molecule has 3 heterocycles. The first-order valence-corrected chi connectivity index (χ1v) is 11.5. The minimum Gasteiger partial charge on any atom is -0.469 e. The van der Waals surface area contributed by atoms with Crippen LogP contribution in [0.15, 0.2) is 64.2 Å². The Kier molecular flexibility index (Phi) is 6.34. The molecule has 0 fully saturated rings. The van der Waals surface area contributed by atoms with Crippen LogP contribution in [-0.2, 0) is 11.3 Å². The molecule has 1 amide bonds. The average molecular weight is 452 g/mol. The highest BCUT2D eigenvalue weighted by atomic mass is 32.2. The predicted octanol–water partition coefficient (Wildman–Crippen LogP) is 5.20. The molecule has 0 atom stereocenters. The van der Waals surface area contributed by atoms with E-state index in [9.17, 15) is 4.79 Å². The molecule has 0 radical (unpaired) electrons. The summed E-state index contributed by atoms with van der Waals surface area (Å²) in [6.07, 6.45) is 3.39. The monoisotopic (exact) mass is 451 g/mol. The van der Waals surface area contributed by atoms with Gasteiger partial charge >= 0.3 is 0 Å². The third-order valence-corrected chi connectivity index (χ3v) is 6.28. The van der Waals surface area contributed by atoms with Crippen LogP contribution >= 0.6 is 23.1 Å². The zero-order chi connectivity index (χ0) is 21.8. The van der Waals surface area contributed by atoms with Crippen LogP contribution in [0.4, 0.5) is 5.13 Å². The van der Waals surface area contributed by atoms with Gasteiger partial charge in [0.1, 0.15) is 5.76 Å². The van der Waals surface area contributed by atoms with Gasteiger partial charge in [0.05, 0.1) is 23.3 Å². The Balaban J connectivity index is 1.41. The summed E-state index contributed by atoms with van der Waals surface area (Å²) in [5.74, 6) is 1.50. The molecule has 4 rings (SSSR count). The Labute approximate surface area is 188 Å². The molecule has 0 saturated heterocycles. The molecular weight excluding hydrogens is 430 g/mol.